The lowest BCUT2D eigenvalue weighted by atomic mass is 10.0. The second-order valence-electron chi connectivity index (χ2n) is 7.99. The van der Waals surface area contributed by atoms with Gasteiger partial charge in [-0.05, 0) is 76.0 Å². The standard InChI is InChI=1S/C18H26FNO3S/c1-18(2,3)24(21,22)20-17(13-6-7-13)14-8-9-15(19)16(10-14)23-11-12-4-5-12/h8-10,12-13,17,20H,4-7,11H2,1-3H3. The number of nitrogens with one attached hydrogen (secondary N) is 1. The summed E-state index contributed by atoms with van der Waals surface area (Å²) in [5.41, 5.74) is 0.775. The van der Waals surface area contributed by atoms with Gasteiger partial charge in [0.05, 0.1) is 11.4 Å². The van der Waals surface area contributed by atoms with Crippen LogP contribution in [-0.4, -0.2) is 19.8 Å². The van der Waals surface area contributed by atoms with Gasteiger partial charge in [-0.1, -0.05) is 6.07 Å². The van der Waals surface area contributed by atoms with E-state index < -0.39 is 20.6 Å². The fourth-order valence-electron chi connectivity index (χ4n) is 2.53. The topological polar surface area (TPSA) is 55.4 Å². The molecule has 134 valence electrons. The van der Waals surface area contributed by atoms with Crippen LogP contribution < -0.4 is 9.46 Å². The normalized spacial score (nSPS) is 20.0. The largest absolute Gasteiger partial charge is 0.490 e. The summed E-state index contributed by atoms with van der Waals surface area (Å²) >= 11 is 0. The molecule has 1 aromatic rings. The molecule has 1 N–H and O–H groups in total. The molecule has 0 radical (unpaired) electrons. The van der Waals surface area contributed by atoms with Gasteiger partial charge in [0.2, 0.25) is 10.0 Å². The van der Waals surface area contributed by atoms with Crippen molar-refractivity contribution in [2.75, 3.05) is 6.61 Å². The molecule has 0 saturated heterocycles. The molecule has 3 rings (SSSR count). The van der Waals surface area contributed by atoms with Crippen molar-refractivity contribution in [2.24, 2.45) is 11.8 Å². The Kier molecular flexibility index (Phi) is 4.64. The Labute approximate surface area is 143 Å². The third kappa shape index (κ3) is 4.09. The smallest absolute Gasteiger partial charge is 0.217 e. The Morgan fingerprint density at radius 2 is 1.92 bits per heavy atom. The van der Waals surface area contributed by atoms with Crippen LogP contribution in [0.15, 0.2) is 18.2 Å². The van der Waals surface area contributed by atoms with E-state index in [1.54, 1.807) is 32.9 Å². The van der Waals surface area contributed by atoms with Gasteiger partial charge in [-0.15, -0.1) is 0 Å². The van der Waals surface area contributed by atoms with Crippen LogP contribution in [0.3, 0.4) is 0 Å². The van der Waals surface area contributed by atoms with Crippen molar-refractivity contribution >= 4 is 10.0 Å². The summed E-state index contributed by atoms with van der Waals surface area (Å²) < 4.78 is 46.6. The second kappa shape index (κ2) is 6.30. The molecule has 2 saturated carbocycles. The van der Waals surface area contributed by atoms with E-state index >= 15 is 0 Å². The third-order valence-corrected chi connectivity index (χ3v) is 6.84. The zero-order valence-corrected chi connectivity index (χ0v) is 15.3. The average Bonchev–Trinajstić information content (AvgIpc) is 3.36. The van der Waals surface area contributed by atoms with Crippen molar-refractivity contribution in [3.63, 3.8) is 0 Å². The van der Waals surface area contributed by atoms with Crippen LogP contribution in [-0.2, 0) is 10.0 Å². The maximum absolute atomic E-state index is 14.0. The minimum atomic E-state index is -3.47. The summed E-state index contributed by atoms with van der Waals surface area (Å²) in [5.74, 6) is 0.628. The number of ether oxygens (including phenoxy) is 1. The summed E-state index contributed by atoms with van der Waals surface area (Å²) in [7, 11) is -3.47. The zero-order chi connectivity index (χ0) is 17.5. The molecule has 0 amide bonds. The summed E-state index contributed by atoms with van der Waals surface area (Å²) in [6.45, 7) is 5.55. The van der Waals surface area contributed by atoms with E-state index in [0.717, 1.165) is 31.2 Å². The quantitative estimate of drug-likeness (QED) is 0.810. The van der Waals surface area contributed by atoms with Crippen molar-refractivity contribution in [1.29, 1.82) is 0 Å². The number of rotatable bonds is 7. The van der Waals surface area contributed by atoms with E-state index in [1.807, 2.05) is 0 Å². The monoisotopic (exact) mass is 355 g/mol. The Hall–Kier alpha value is -1.14. The first-order valence-electron chi connectivity index (χ1n) is 8.61. The van der Waals surface area contributed by atoms with Crippen LogP contribution in [0.1, 0.15) is 58.1 Å². The van der Waals surface area contributed by atoms with E-state index in [2.05, 4.69) is 4.72 Å². The van der Waals surface area contributed by atoms with E-state index in [0.29, 0.717) is 12.5 Å². The van der Waals surface area contributed by atoms with E-state index in [9.17, 15) is 12.8 Å². The maximum Gasteiger partial charge on any atom is 0.217 e. The first kappa shape index (κ1) is 17.7. The Balaban J connectivity index is 1.82. The summed E-state index contributed by atoms with van der Waals surface area (Å²) in [5, 5.41) is 0. The molecule has 0 bridgehead atoms. The van der Waals surface area contributed by atoms with Gasteiger partial charge in [0.25, 0.3) is 0 Å². The molecule has 6 heteroatoms. The lowest BCUT2D eigenvalue weighted by molar-refractivity contribution is 0.284. The maximum atomic E-state index is 14.0. The second-order valence-corrected chi connectivity index (χ2v) is 10.5. The van der Waals surface area contributed by atoms with Crippen molar-refractivity contribution in [2.45, 2.75) is 57.2 Å². The predicted octanol–water partition coefficient (Wildman–Crippen LogP) is 3.78. The number of hydrogen-bond acceptors (Lipinski definition) is 3. The van der Waals surface area contributed by atoms with Gasteiger partial charge < -0.3 is 4.74 Å². The molecule has 24 heavy (non-hydrogen) atoms. The first-order chi connectivity index (χ1) is 11.2. The molecule has 1 atom stereocenters. The molecule has 0 heterocycles. The Morgan fingerprint density at radius 1 is 1.25 bits per heavy atom. The summed E-state index contributed by atoms with van der Waals surface area (Å²) in [6.07, 6.45) is 4.23. The van der Waals surface area contributed by atoms with Crippen LogP contribution in [0.5, 0.6) is 5.75 Å². The molecule has 0 spiro atoms. The fourth-order valence-corrected chi connectivity index (χ4v) is 3.54. The Bertz CT molecular complexity index is 703. The highest BCUT2D eigenvalue weighted by molar-refractivity contribution is 7.90. The van der Waals surface area contributed by atoms with Gasteiger partial charge in [-0.2, -0.15) is 0 Å². The highest BCUT2D eigenvalue weighted by atomic mass is 32.2. The molecule has 2 fully saturated rings. The van der Waals surface area contributed by atoms with E-state index in [4.69, 9.17) is 4.74 Å². The number of hydrogen-bond donors (Lipinski definition) is 1. The fraction of sp³-hybridized carbons (Fsp3) is 0.667. The molecular weight excluding hydrogens is 329 g/mol. The molecule has 2 aliphatic rings. The number of halogens is 1. The van der Waals surface area contributed by atoms with E-state index in [-0.39, 0.29) is 17.7 Å². The van der Waals surface area contributed by atoms with Gasteiger partial charge >= 0.3 is 0 Å². The van der Waals surface area contributed by atoms with Crippen LogP contribution >= 0.6 is 0 Å². The molecule has 1 unspecified atom stereocenters. The van der Waals surface area contributed by atoms with Gasteiger partial charge in [0.1, 0.15) is 0 Å². The average molecular weight is 355 g/mol. The van der Waals surface area contributed by atoms with Crippen LogP contribution in [0.4, 0.5) is 4.39 Å². The summed E-state index contributed by atoms with van der Waals surface area (Å²) in [4.78, 5) is 0. The molecule has 0 aliphatic heterocycles. The van der Waals surface area contributed by atoms with Gasteiger partial charge in [-0.3, -0.25) is 0 Å². The SMILES string of the molecule is CC(C)(C)S(=O)(=O)NC(c1ccc(F)c(OCC2CC2)c1)C1CC1. The number of sulfonamides is 1. The minimum Gasteiger partial charge on any atom is -0.490 e. The Morgan fingerprint density at radius 3 is 2.46 bits per heavy atom. The summed E-state index contributed by atoms with van der Waals surface area (Å²) in [6, 6.07) is 4.37. The molecular formula is C18H26FNO3S. The van der Waals surface area contributed by atoms with Crippen molar-refractivity contribution < 1.29 is 17.5 Å². The van der Waals surface area contributed by atoms with Crippen LogP contribution in [0, 0.1) is 17.7 Å². The van der Waals surface area contributed by atoms with Gasteiger partial charge in [0.15, 0.2) is 11.6 Å². The predicted molar refractivity (Wildman–Crippen MR) is 91.9 cm³/mol. The first-order valence-corrected chi connectivity index (χ1v) is 10.1. The highest BCUT2D eigenvalue weighted by Crippen LogP contribution is 2.43. The van der Waals surface area contributed by atoms with Gasteiger partial charge in [0, 0.05) is 6.04 Å². The molecule has 4 nitrogen and oxygen atoms in total. The number of benzene rings is 1. The van der Waals surface area contributed by atoms with Crippen LogP contribution in [0.2, 0.25) is 0 Å². The minimum absolute atomic E-state index is 0.222. The van der Waals surface area contributed by atoms with Gasteiger partial charge in [-0.25, -0.2) is 17.5 Å². The lowest BCUT2D eigenvalue weighted by Gasteiger charge is -2.26. The van der Waals surface area contributed by atoms with Crippen molar-refractivity contribution in [3.8, 4) is 5.75 Å². The van der Waals surface area contributed by atoms with Crippen molar-refractivity contribution in [3.05, 3.63) is 29.6 Å². The third-order valence-electron chi connectivity index (χ3n) is 4.67. The van der Waals surface area contributed by atoms with E-state index in [1.165, 1.54) is 6.07 Å². The molecule has 1 aromatic carbocycles. The zero-order valence-electron chi connectivity index (χ0n) is 14.5. The lowest BCUT2D eigenvalue weighted by Crippen LogP contribution is -2.41. The highest BCUT2D eigenvalue weighted by Gasteiger charge is 2.39. The molecule has 0 aromatic heterocycles. The molecule has 2 aliphatic carbocycles. The van der Waals surface area contributed by atoms with Crippen molar-refractivity contribution in [1.82, 2.24) is 4.72 Å². The van der Waals surface area contributed by atoms with Crippen LogP contribution in [0.25, 0.3) is 0 Å².